The number of carbonyl (C=O) groups excluding carboxylic acids is 1. The van der Waals surface area contributed by atoms with Crippen LogP contribution in [0.1, 0.15) is 39.0 Å². The van der Waals surface area contributed by atoms with Crippen LogP contribution in [0.5, 0.6) is 5.75 Å². The normalized spacial score (nSPS) is 23.2. The molecule has 1 aromatic rings. The van der Waals surface area contributed by atoms with Gasteiger partial charge in [-0.1, -0.05) is 18.2 Å². The summed E-state index contributed by atoms with van der Waals surface area (Å²) >= 11 is 0. The van der Waals surface area contributed by atoms with Crippen LogP contribution in [0, 0.1) is 5.92 Å². The van der Waals surface area contributed by atoms with Gasteiger partial charge in [0.2, 0.25) is 5.91 Å². The molecule has 0 N–H and O–H groups in total. The lowest BCUT2D eigenvalue weighted by molar-refractivity contribution is -0.136. The Hall–Kier alpha value is -1.55. The Labute approximate surface area is 145 Å². The van der Waals surface area contributed by atoms with Crippen molar-refractivity contribution in [1.29, 1.82) is 0 Å². The maximum atomic E-state index is 12.5. The molecule has 2 aliphatic rings. The molecule has 132 valence electrons. The van der Waals surface area contributed by atoms with Crippen molar-refractivity contribution in [3.8, 4) is 5.75 Å². The summed E-state index contributed by atoms with van der Waals surface area (Å²) in [6, 6.07) is 10.5. The van der Waals surface area contributed by atoms with Crippen LogP contribution in [0.3, 0.4) is 0 Å². The first kappa shape index (κ1) is 17.3. The Morgan fingerprint density at radius 1 is 1.08 bits per heavy atom. The largest absolute Gasteiger partial charge is 0.493 e. The van der Waals surface area contributed by atoms with Crippen LogP contribution in [0.2, 0.25) is 0 Å². The van der Waals surface area contributed by atoms with Crippen molar-refractivity contribution in [3.63, 3.8) is 0 Å². The van der Waals surface area contributed by atoms with Gasteiger partial charge >= 0.3 is 0 Å². The van der Waals surface area contributed by atoms with Gasteiger partial charge in [-0.25, -0.2) is 0 Å². The van der Waals surface area contributed by atoms with Gasteiger partial charge in [0.05, 0.1) is 13.2 Å². The van der Waals surface area contributed by atoms with E-state index in [0.29, 0.717) is 24.4 Å². The zero-order chi connectivity index (χ0) is 16.8. The lowest BCUT2D eigenvalue weighted by atomic mass is 9.97. The lowest BCUT2D eigenvalue weighted by Gasteiger charge is -2.37. The van der Waals surface area contributed by atoms with E-state index in [2.05, 4.69) is 16.7 Å². The van der Waals surface area contributed by atoms with E-state index in [1.54, 1.807) is 0 Å². The first-order chi connectivity index (χ1) is 11.7. The molecule has 2 saturated heterocycles. The molecule has 4 heteroatoms. The molecule has 0 spiro atoms. The summed E-state index contributed by atoms with van der Waals surface area (Å²) < 4.78 is 5.88. The van der Waals surface area contributed by atoms with E-state index in [4.69, 9.17) is 4.74 Å². The van der Waals surface area contributed by atoms with Crippen molar-refractivity contribution in [2.75, 3.05) is 32.8 Å². The average molecular weight is 330 g/mol. The van der Waals surface area contributed by atoms with Gasteiger partial charge in [0.1, 0.15) is 5.75 Å². The third kappa shape index (κ3) is 4.73. The number of benzene rings is 1. The van der Waals surface area contributed by atoms with Crippen LogP contribution in [0.4, 0.5) is 0 Å². The van der Waals surface area contributed by atoms with Gasteiger partial charge in [0.25, 0.3) is 0 Å². The topological polar surface area (TPSA) is 32.8 Å². The number of likely N-dealkylation sites (tertiary alicyclic amines) is 2. The number of ether oxygens (including phenoxy) is 1. The van der Waals surface area contributed by atoms with E-state index in [9.17, 15) is 4.79 Å². The number of amides is 1. The van der Waals surface area contributed by atoms with Gasteiger partial charge in [0, 0.05) is 12.6 Å². The number of carbonyl (C=O) groups is 1. The van der Waals surface area contributed by atoms with Crippen LogP contribution in [-0.2, 0) is 4.79 Å². The minimum atomic E-state index is 0.321. The minimum Gasteiger partial charge on any atom is -0.493 e. The van der Waals surface area contributed by atoms with Gasteiger partial charge in [0.15, 0.2) is 0 Å². The average Bonchev–Trinajstić information content (AvgIpc) is 2.62. The van der Waals surface area contributed by atoms with Crippen LogP contribution in [0.15, 0.2) is 30.3 Å². The highest BCUT2D eigenvalue weighted by Gasteiger charge is 2.26. The maximum absolute atomic E-state index is 12.5. The van der Waals surface area contributed by atoms with Gasteiger partial charge in [-0.2, -0.15) is 0 Å². The molecular weight excluding hydrogens is 300 g/mol. The Bertz CT molecular complexity index is 512. The van der Waals surface area contributed by atoms with Crippen molar-refractivity contribution >= 4 is 5.91 Å². The molecular formula is C20H30N2O2. The molecule has 24 heavy (non-hydrogen) atoms. The van der Waals surface area contributed by atoms with E-state index in [1.165, 1.54) is 6.42 Å². The van der Waals surface area contributed by atoms with E-state index in [-0.39, 0.29) is 0 Å². The second-order valence-corrected chi connectivity index (χ2v) is 7.28. The Kier molecular flexibility index (Phi) is 6.13. The molecule has 1 unspecified atom stereocenters. The fourth-order valence-electron chi connectivity index (χ4n) is 3.79. The Morgan fingerprint density at radius 3 is 2.54 bits per heavy atom. The first-order valence-electron chi connectivity index (χ1n) is 9.42. The van der Waals surface area contributed by atoms with E-state index < -0.39 is 0 Å². The molecule has 0 bridgehead atoms. The number of nitrogens with zero attached hydrogens (tertiary/aromatic N) is 2. The second kappa shape index (κ2) is 8.52. The van der Waals surface area contributed by atoms with Crippen molar-refractivity contribution in [2.45, 2.75) is 45.1 Å². The maximum Gasteiger partial charge on any atom is 0.236 e. The van der Waals surface area contributed by atoms with Crippen LogP contribution < -0.4 is 4.74 Å². The third-order valence-corrected chi connectivity index (χ3v) is 5.42. The lowest BCUT2D eigenvalue weighted by Crippen LogP contribution is -2.48. The van der Waals surface area contributed by atoms with Gasteiger partial charge in [-0.15, -0.1) is 0 Å². The summed E-state index contributed by atoms with van der Waals surface area (Å²) in [5.41, 5.74) is 0. The Morgan fingerprint density at radius 2 is 1.83 bits per heavy atom. The molecule has 0 radical (unpaired) electrons. The zero-order valence-corrected chi connectivity index (χ0v) is 14.8. The smallest absolute Gasteiger partial charge is 0.236 e. The second-order valence-electron chi connectivity index (χ2n) is 7.28. The molecule has 0 saturated carbocycles. The van der Waals surface area contributed by atoms with Gasteiger partial charge < -0.3 is 9.64 Å². The van der Waals surface area contributed by atoms with E-state index >= 15 is 0 Å². The van der Waals surface area contributed by atoms with Crippen molar-refractivity contribution in [3.05, 3.63) is 30.3 Å². The fourth-order valence-corrected chi connectivity index (χ4v) is 3.79. The minimum absolute atomic E-state index is 0.321. The van der Waals surface area contributed by atoms with E-state index in [0.717, 1.165) is 57.7 Å². The van der Waals surface area contributed by atoms with Crippen molar-refractivity contribution in [2.24, 2.45) is 5.92 Å². The number of hydrogen-bond donors (Lipinski definition) is 0. The van der Waals surface area contributed by atoms with Crippen molar-refractivity contribution < 1.29 is 9.53 Å². The summed E-state index contributed by atoms with van der Waals surface area (Å²) in [7, 11) is 0. The molecule has 1 amide bonds. The number of rotatable bonds is 5. The standard InChI is InChI=1S/C20H30N2O2/c1-17-7-5-6-12-22(17)20(23)15-21-13-10-18(11-14-21)16-24-19-8-3-2-4-9-19/h2-4,8-9,17-18H,5-7,10-16H2,1H3. The number of para-hydroxylation sites is 1. The third-order valence-electron chi connectivity index (χ3n) is 5.42. The van der Waals surface area contributed by atoms with Gasteiger partial charge in [-0.3, -0.25) is 9.69 Å². The highest BCUT2D eigenvalue weighted by Crippen LogP contribution is 2.21. The SMILES string of the molecule is CC1CCCCN1C(=O)CN1CCC(COc2ccccc2)CC1. The van der Waals surface area contributed by atoms with E-state index in [1.807, 2.05) is 30.3 Å². The predicted molar refractivity (Wildman–Crippen MR) is 96.1 cm³/mol. The van der Waals surface area contributed by atoms with Crippen molar-refractivity contribution in [1.82, 2.24) is 9.80 Å². The predicted octanol–water partition coefficient (Wildman–Crippen LogP) is 3.18. The summed E-state index contributed by atoms with van der Waals surface area (Å²) in [5, 5.41) is 0. The summed E-state index contributed by atoms with van der Waals surface area (Å²) in [6.07, 6.45) is 5.82. The van der Waals surface area contributed by atoms with Crippen LogP contribution >= 0.6 is 0 Å². The highest BCUT2D eigenvalue weighted by molar-refractivity contribution is 5.78. The summed E-state index contributed by atoms with van der Waals surface area (Å²) in [4.78, 5) is 16.9. The molecule has 2 fully saturated rings. The molecule has 4 nitrogen and oxygen atoms in total. The zero-order valence-electron chi connectivity index (χ0n) is 14.8. The summed E-state index contributed by atoms with van der Waals surface area (Å²) in [6.45, 7) is 6.53. The van der Waals surface area contributed by atoms with Gasteiger partial charge in [-0.05, 0) is 70.2 Å². The van der Waals surface area contributed by atoms with Crippen LogP contribution in [0.25, 0.3) is 0 Å². The highest BCUT2D eigenvalue weighted by atomic mass is 16.5. The molecule has 2 heterocycles. The molecule has 0 aromatic heterocycles. The molecule has 1 aromatic carbocycles. The molecule has 3 rings (SSSR count). The molecule has 1 atom stereocenters. The Balaban J connectivity index is 1.38. The number of piperidine rings is 2. The summed E-state index contributed by atoms with van der Waals surface area (Å²) in [5.74, 6) is 1.88. The molecule has 2 aliphatic heterocycles. The first-order valence-corrected chi connectivity index (χ1v) is 9.42. The monoisotopic (exact) mass is 330 g/mol. The van der Waals surface area contributed by atoms with Crippen LogP contribution in [-0.4, -0.2) is 54.5 Å². The number of hydrogen-bond acceptors (Lipinski definition) is 3. The molecule has 0 aliphatic carbocycles. The fraction of sp³-hybridized carbons (Fsp3) is 0.650. The quantitative estimate of drug-likeness (QED) is 0.831.